The van der Waals surface area contributed by atoms with Gasteiger partial charge >= 0.3 is 6.00 Å². The van der Waals surface area contributed by atoms with Crippen LogP contribution in [0.25, 0.3) is 0 Å². The van der Waals surface area contributed by atoms with E-state index in [0.29, 0.717) is 5.41 Å². The molecule has 4 saturated carbocycles. The molecule has 0 aromatic heterocycles. The van der Waals surface area contributed by atoms with Gasteiger partial charge in [-0.3, -0.25) is 0 Å². The standard InChI is InChI=1S/C16H19Cl3Si/c17-20(18,19)15-3-1-14(2-4-15)16-8-11-5-12(9-16)7-13(6-11)10-16/h1-4,11-13H,5-10H2. The van der Waals surface area contributed by atoms with E-state index < -0.39 is 6.00 Å². The van der Waals surface area contributed by atoms with Crippen LogP contribution in [0.2, 0.25) is 0 Å². The van der Waals surface area contributed by atoms with Gasteiger partial charge in [0.1, 0.15) is 0 Å². The zero-order chi connectivity index (χ0) is 14.0. The summed E-state index contributed by atoms with van der Waals surface area (Å²) in [6.07, 6.45) is 8.63. The molecule has 0 amide bonds. The molecule has 108 valence electrons. The van der Waals surface area contributed by atoms with Gasteiger partial charge in [-0.05, 0) is 72.4 Å². The van der Waals surface area contributed by atoms with Crippen LogP contribution in [0.3, 0.4) is 0 Å². The lowest BCUT2D eigenvalue weighted by Crippen LogP contribution is -2.48. The zero-order valence-corrected chi connectivity index (χ0v) is 14.7. The molecule has 5 rings (SSSR count). The van der Waals surface area contributed by atoms with Gasteiger partial charge < -0.3 is 0 Å². The van der Waals surface area contributed by atoms with Crippen LogP contribution in [0, 0.1) is 17.8 Å². The van der Waals surface area contributed by atoms with Gasteiger partial charge in [0.15, 0.2) is 0 Å². The Hall–Kier alpha value is 0.307. The molecule has 1 aromatic rings. The highest BCUT2D eigenvalue weighted by molar-refractivity contribution is 7.69. The van der Waals surface area contributed by atoms with Crippen LogP contribution in [0.1, 0.15) is 44.1 Å². The zero-order valence-electron chi connectivity index (χ0n) is 11.4. The lowest BCUT2D eigenvalue weighted by atomic mass is 9.48. The maximum atomic E-state index is 6.10. The lowest BCUT2D eigenvalue weighted by molar-refractivity contribution is -0.00517. The van der Waals surface area contributed by atoms with Crippen molar-refractivity contribution in [2.45, 2.75) is 43.9 Å². The van der Waals surface area contributed by atoms with Crippen molar-refractivity contribution in [3.05, 3.63) is 29.8 Å². The van der Waals surface area contributed by atoms with Crippen molar-refractivity contribution in [2.75, 3.05) is 0 Å². The van der Waals surface area contributed by atoms with Gasteiger partial charge in [0.25, 0.3) is 0 Å². The molecular formula is C16H19Cl3Si. The average molecular weight is 346 g/mol. The highest BCUT2D eigenvalue weighted by atomic mass is 35.8. The molecule has 0 aliphatic heterocycles. The molecule has 4 bridgehead atoms. The van der Waals surface area contributed by atoms with Gasteiger partial charge in [0, 0.05) is 0 Å². The van der Waals surface area contributed by atoms with Gasteiger partial charge in [0.05, 0.1) is 0 Å². The predicted molar refractivity (Wildman–Crippen MR) is 89.2 cm³/mol. The third-order valence-corrected chi connectivity index (χ3v) is 8.81. The number of halogens is 3. The fourth-order valence-electron chi connectivity index (χ4n) is 5.48. The van der Waals surface area contributed by atoms with E-state index in [1.807, 2.05) is 0 Å². The van der Waals surface area contributed by atoms with Gasteiger partial charge in [-0.1, -0.05) is 24.3 Å². The molecule has 4 heteroatoms. The van der Waals surface area contributed by atoms with Gasteiger partial charge in [-0.2, -0.15) is 0 Å². The van der Waals surface area contributed by atoms with E-state index in [0.717, 1.165) is 22.9 Å². The maximum absolute atomic E-state index is 6.10. The minimum Gasteiger partial charge on any atom is -0.121 e. The first-order valence-corrected chi connectivity index (χ1v) is 12.7. The molecule has 0 radical (unpaired) electrons. The van der Waals surface area contributed by atoms with E-state index in [1.165, 1.54) is 44.1 Å². The summed E-state index contributed by atoms with van der Waals surface area (Å²) >= 11 is 18.3. The minimum absolute atomic E-state index is 0.447. The van der Waals surface area contributed by atoms with Crippen molar-refractivity contribution < 1.29 is 0 Å². The molecule has 0 N–H and O–H groups in total. The Morgan fingerprint density at radius 1 is 0.800 bits per heavy atom. The second-order valence-electron chi connectivity index (χ2n) is 7.27. The van der Waals surface area contributed by atoms with Crippen LogP contribution in [0.5, 0.6) is 0 Å². The number of benzene rings is 1. The molecule has 0 unspecified atom stereocenters. The highest BCUT2D eigenvalue weighted by Gasteiger charge is 2.51. The molecular weight excluding hydrogens is 327 g/mol. The van der Waals surface area contributed by atoms with E-state index in [1.54, 1.807) is 0 Å². The monoisotopic (exact) mass is 344 g/mol. The molecule has 4 aliphatic carbocycles. The summed E-state index contributed by atoms with van der Waals surface area (Å²) in [6.45, 7) is 0. The first-order chi connectivity index (χ1) is 9.45. The summed E-state index contributed by atoms with van der Waals surface area (Å²) in [4.78, 5) is 0. The average Bonchev–Trinajstić information content (AvgIpc) is 2.36. The molecule has 1 aromatic carbocycles. The number of rotatable bonds is 2. The van der Waals surface area contributed by atoms with E-state index >= 15 is 0 Å². The van der Waals surface area contributed by atoms with Crippen LogP contribution in [0.4, 0.5) is 0 Å². The van der Waals surface area contributed by atoms with E-state index in [-0.39, 0.29) is 0 Å². The van der Waals surface area contributed by atoms with Gasteiger partial charge in [-0.15, -0.1) is 33.2 Å². The normalized spacial score (nSPS) is 39.2. The third-order valence-electron chi connectivity index (χ3n) is 5.86. The smallest absolute Gasteiger partial charge is 0.121 e. The summed E-state index contributed by atoms with van der Waals surface area (Å²) in [6, 6.07) is 5.89. The summed E-state index contributed by atoms with van der Waals surface area (Å²) in [7, 11) is 0. The predicted octanol–water partition coefficient (Wildman–Crippen LogP) is 5.02. The van der Waals surface area contributed by atoms with Crippen molar-refractivity contribution in [1.82, 2.24) is 0 Å². The van der Waals surface area contributed by atoms with Crippen LogP contribution < -0.4 is 5.19 Å². The van der Waals surface area contributed by atoms with Crippen LogP contribution >= 0.6 is 33.2 Å². The Bertz CT molecular complexity index is 482. The fraction of sp³-hybridized carbons (Fsp3) is 0.625. The summed E-state index contributed by atoms with van der Waals surface area (Å²) in [5, 5.41) is 0.913. The summed E-state index contributed by atoms with van der Waals surface area (Å²) < 4.78 is 0. The summed E-state index contributed by atoms with van der Waals surface area (Å²) in [5.74, 6) is 2.93. The van der Waals surface area contributed by atoms with Crippen molar-refractivity contribution >= 4 is 44.4 Å². The lowest BCUT2D eigenvalue weighted by Gasteiger charge is -2.57. The van der Waals surface area contributed by atoms with E-state index in [2.05, 4.69) is 24.3 Å². The van der Waals surface area contributed by atoms with E-state index in [9.17, 15) is 0 Å². The van der Waals surface area contributed by atoms with Crippen LogP contribution in [-0.4, -0.2) is 6.00 Å². The largest absolute Gasteiger partial charge is 0.372 e. The van der Waals surface area contributed by atoms with Gasteiger partial charge in [0.2, 0.25) is 0 Å². The van der Waals surface area contributed by atoms with Gasteiger partial charge in [-0.25, -0.2) is 0 Å². The molecule has 0 nitrogen and oxygen atoms in total. The molecule has 0 saturated heterocycles. The summed E-state index contributed by atoms with van der Waals surface area (Å²) in [5.41, 5.74) is 1.95. The second-order valence-corrected chi connectivity index (χ2v) is 15.7. The number of hydrogen-bond acceptors (Lipinski definition) is 0. The van der Waals surface area contributed by atoms with Crippen molar-refractivity contribution in [3.8, 4) is 0 Å². The van der Waals surface area contributed by atoms with E-state index in [4.69, 9.17) is 33.2 Å². The Morgan fingerprint density at radius 3 is 1.65 bits per heavy atom. The maximum Gasteiger partial charge on any atom is 0.372 e. The topological polar surface area (TPSA) is 0 Å². The third kappa shape index (κ3) is 2.26. The fourth-order valence-corrected chi connectivity index (χ4v) is 7.16. The molecule has 4 aliphatic rings. The molecule has 4 fully saturated rings. The minimum atomic E-state index is -2.73. The Morgan fingerprint density at radius 2 is 1.25 bits per heavy atom. The first kappa shape index (κ1) is 13.9. The van der Waals surface area contributed by atoms with Crippen molar-refractivity contribution in [3.63, 3.8) is 0 Å². The van der Waals surface area contributed by atoms with Crippen molar-refractivity contribution in [2.24, 2.45) is 17.8 Å². The molecule has 20 heavy (non-hydrogen) atoms. The van der Waals surface area contributed by atoms with Crippen LogP contribution in [-0.2, 0) is 5.41 Å². The molecule has 0 spiro atoms. The quantitative estimate of drug-likeness (QED) is 0.521. The first-order valence-electron chi connectivity index (χ1n) is 7.62. The SMILES string of the molecule is Cl[Si](Cl)(Cl)c1ccc(C23CC4CC(CC(C4)C2)C3)cc1. The van der Waals surface area contributed by atoms with Crippen molar-refractivity contribution in [1.29, 1.82) is 0 Å². The molecule has 0 atom stereocenters. The Balaban J connectivity index is 1.67. The van der Waals surface area contributed by atoms with Crippen LogP contribution in [0.15, 0.2) is 24.3 Å². The Kier molecular flexibility index (Phi) is 3.24. The number of hydrogen-bond donors (Lipinski definition) is 0. The Labute approximate surface area is 135 Å². The highest BCUT2D eigenvalue weighted by Crippen LogP contribution is 2.60. The molecule has 0 heterocycles. The second kappa shape index (κ2) is 4.65.